The molecular formula is C8H14N2O2. The van der Waals surface area contributed by atoms with Crippen LogP contribution in [0.25, 0.3) is 0 Å². The van der Waals surface area contributed by atoms with Crippen molar-refractivity contribution in [3.8, 4) is 0 Å². The lowest BCUT2D eigenvalue weighted by Gasteiger charge is -2.35. The number of nitrogens with zero attached hydrogens (tertiary/aromatic N) is 1. The smallest absolute Gasteiger partial charge is 0.237 e. The lowest BCUT2D eigenvalue weighted by Crippen LogP contribution is -2.58. The number of piperazine rings is 1. The quantitative estimate of drug-likeness (QED) is 0.527. The van der Waals surface area contributed by atoms with Crippen LogP contribution in [0.4, 0.5) is 0 Å². The van der Waals surface area contributed by atoms with Gasteiger partial charge in [-0.2, -0.15) is 0 Å². The van der Waals surface area contributed by atoms with Crippen LogP contribution in [0.5, 0.6) is 0 Å². The molecule has 2 aliphatic heterocycles. The van der Waals surface area contributed by atoms with Crippen LogP contribution in [0.1, 0.15) is 12.8 Å². The van der Waals surface area contributed by atoms with Crippen molar-refractivity contribution in [2.45, 2.75) is 24.9 Å². The van der Waals surface area contributed by atoms with Crippen LogP contribution in [0, 0.1) is 0 Å². The van der Waals surface area contributed by atoms with Gasteiger partial charge in [-0.1, -0.05) is 0 Å². The van der Waals surface area contributed by atoms with Gasteiger partial charge in [0.1, 0.15) is 0 Å². The lowest BCUT2D eigenvalue weighted by atomic mass is 10.1. The number of amides is 1. The molecule has 0 spiro atoms. The molecule has 0 aromatic rings. The Labute approximate surface area is 71.5 Å². The molecule has 2 rings (SSSR count). The van der Waals surface area contributed by atoms with E-state index < -0.39 is 0 Å². The molecule has 2 unspecified atom stereocenters. The van der Waals surface area contributed by atoms with Crippen LogP contribution in [0.2, 0.25) is 0 Å². The maximum absolute atomic E-state index is 11.3. The third-order valence-corrected chi connectivity index (χ3v) is 2.79. The summed E-state index contributed by atoms with van der Waals surface area (Å²) in [4.78, 5) is 13.4. The van der Waals surface area contributed by atoms with Gasteiger partial charge in [-0.25, -0.2) is 0 Å². The molecule has 12 heavy (non-hydrogen) atoms. The Hall–Kier alpha value is -0.610. The van der Waals surface area contributed by atoms with E-state index in [-0.39, 0.29) is 24.6 Å². The summed E-state index contributed by atoms with van der Waals surface area (Å²) in [7, 11) is 0. The summed E-state index contributed by atoms with van der Waals surface area (Å²) >= 11 is 0. The molecule has 2 aliphatic rings. The van der Waals surface area contributed by atoms with Gasteiger partial charge in [-0.15, -0.1) is 0 Å². The molecule has 0 radical (unpaired) electrons. The van der Waals surface area contributed by atoms with E-state index in [0.717, 1.165) is 19.4 Å². The molecule has 2 fully saturated rings. The molecule has 2 heterocycles. The average Bonchev–Trinajstić information content (AvgIpc) is 2.54. The van der Waals surface area contributed by atoms with Crippen molar-refractivity contribution in [2.75, 3.05) is 19.7 Å². The van der Waals surface area contributed by atoms with Crippen molar-refractivity contribution < 1.29 is 9.90 Å². The Morgan fingerprint density at radius 2 is 2.50 bits per heavy atom. The standard InChI is InChI=1S/C8H14N2O2/c11-5-6-4-9-8(12)7-2-1-3-10(6)7/h6-7,11H,1-5H2,(H,9,12). The first-order valence-corrected chi connectivity index (χ1v) is 4.47. The molecule has 2 N–H and O–H groups in total. The zero-order chi connectivity index (χ0) is 8.55. The average molecular weight is 170 g/mol. The first kappa shape index (κ1) is 8.01. The van der Waals surface area contributed by atoms with Crippen molar-refractivity contribution in [3.05, 3.63) is 0 Å². The second-order valence-electron chi connectivity index (χ2n) is 3.48. The number of carbonyl (C=O) groups excluding carboxylic acids is 1. The van der Waals surface area contributed by atoms with Crippen molar-refractivity contribution in [1.82, 2.24) is 10.2 Å². The van der Waals surface area contributed by atoms with E-state index in [1.165, 1.54) is 0 Å². The number of fused-ring (bicyclic) bond motifs is 1. The van der Waals surface area contributed by atoms with Gasteiger partial charge in [0.15, 0.2) is 0 Å². The van der Waals surface area contributed by atoms with E-state index in [0.29, 0.717) is 6.54 Å². The summed E-state index contributed by atoms with van der Waals surface area (Å²) < 4.78 is 0. The van der Waals surface area contributed by atoms with E-state index in [1.807, 2.05) is 0 Å². The number of nitrogens with one attached hydrogen (secondary N) is 1. The van der Waals surface area contributed by atoms with Crippen LogP contribution in [0.15, 0.2) is 0 Å². The van der Waals surface area contributed by atoms with Crippen molar-refractivity contribution in [3.63, 3.8) is 0 Å². The number of hydrogen-bond donors (Lipinski definition) is 2. The Balaban J connectivity index is 2.10. The maximum atomic E-state index is 11.3. The molecule has 68 valence electrons. The van der Waals surface area contributed by atoms with Gasteiger partial charge in [-0.3, -0.25) is 9.69 Å². The van der Waals surface area contributed by atoms with Gasteiger partial charge in [-0.05, 0) is 19.4 Å². The second kappa shape index (κ2) is 3.03. The SMILES string of the molecule is O=C1NCC(CO)N2CCCC12. The van der Waals surface area contributed by atoms with Crippen LogP contribution >= 0.6 is 0 Å². The molecule has 0 aliphatic carbocycles. The van der Waals surface area contributed by atoms with E-state index in [4.69, 9.17) is 5.11 Å². The lowest BCUT2D eigenvalue weighted by molar-refractivity contribution is -0.129. The van der Waals surface area contributed by atoms with E-state index in [2.05, 4.69) is 10.2 Å². The second-order valence-corrected chi connectivity index (χ2v) is 3.48. The third-order valence-electron chi connectivity index (χ3n) is 2.79. The van der Waals surface area contributed by atoms with Crippen molar-refractivity contribution in [2.24, 2.45) is 0 Å². The molecule has 1 amide bonds. The van der Waals surface area contributed by atoms with Crippen molar-refractivity contribution in [1.29, 1.82) is 0 Å². The highest BCUT2D eigenvalue weighted by Gasteiger charge is 2.38. The highest BCUT2D eigenvalue weighted by Crippen LogP contribution is 2.22. The Kier molecular flexibility index (Phi) is 2.02. The molecule has 0 saturated carbocycles. The van der Waals surface area contributed by atoms with Crippen LogP contribution in [-0.4, -0.2) is 47.7 Å². The zero-order valence-electron chi connectivity index (χ0n) is 6.99. The molecule has 0 bridgehead atoms. The fourth-order valence-corrected chi connectivity index (χ4v) is 2.13. The summed E-state index contributed by atoms with van der Waals surface area (Å²) in [6.45, 7) is 1.71. The molecule has 2 atom stereocenters. The first-order chi connectivity index (χ1) is 5.83. The summed E-state index contributed by atoms with van der Waals surface area (Å²) in [5, 5.41) is 11.8. The highest BCUT2D eigenvalue weighted by molar-refractivity contribution is 5.82. The fraction of sp³-hybridized carbons (Fsp3) is 0.875. The molecule has 4 heteroatoms. The first-order valence-electron chi connectivity index (χ1n) is 4.47. The monoisotopic (exact) mass is 170 g/mol. The Morgan fingerprint density at radius 3 is 3.25 bits per heavy atom. The summed E-state index contributed by atoms with van der Waals surface area (Å²) in [6, 6.07) is 0.186. The van der Waals surface area contributed by atoms with Gasteiger partial charge in [0.2, 0.25) is 5.91 Å². The molecule has 0 aromatic heterocycles. The van der Waals surface area contributed by atoms with E-state index in [9.17, 15) is 4.79 Å². The van der Waals surface area contributed by atoms with Crippen LogP contribution in [0.3, 0.4) is 0 Å². The summed E-state index contributed by atoms with van der Waals surface area (Å²) in [5.74, 6) is 0.136. The predicted molar refractivity (Wildman–Crippen MR) is 43.6 cm³/mol. The van der Waals surface area contributed by atoms with Gasteiger partial charge in [0, 0.05) is 6.54 Å². The largest absolute Gasteiger partial charge is 0.395 e. The van der Waals surface area contributed by atoms with Crippen molar-refractivity contribution >= 4 is 5.91 Å². The van der Waals surface area contributed by atoms with Crippen LogP contribution in [-0.2, 0) is 4.79 Å². The third kappa shape index (κ3) is 1.11. The predicted octanol–water partition coefficient (Wildman–Crippen LogP) is -1.06. The van der Waals surface area contributed by atoms with Gasteiger partial charge < -0.3 is 10.4 Å². The summed E-state index contributed by atoms with van der Waals surface area (Å²) in [6.07, 6.45) is 2.02. The minimum absolute atomic E-state index is 0.0379. The number of carbonyl (C=O) groups is 1. The highest BCUT2D eigenvalue weighted by atomic mass is 16.3. The molecule has 0 aromatic carbocycles. The van der Waals surface area contributed by atoms with E-state index in [1.54, 1.807) is 0 Å². The number of aliphatic hydroxyl groups excluding tert-OH is 1. The molecular weight excluding hydrogens is 156 g/mol. The number of aliphatic hydroxyl groups is 1. The van der Waals surface area contributed by atoms with E-state index >= 15 is 0 Å². The fourth-order valence-electron chi connectivity index (χ4n) is 2.13. The summed E-state index contributed by atoms with van der Waals surface area (Å²) in [5.41, 5.74) is 0. The Morgan fingerprint density at radius 1 is 1.67 bits per heavy atom. The van der Waals surface area contributed by atoms with Crippen LogP contribution < -0.4 is 5.32 Å². The topological polar surface area (TPSA) is 52.6 Å². The van der Waals surface area contributed by atoms with Gasteiger partial charge in [0.05, 0.1) is 18.7 Å². The zero-order valence-corrected chi connectivity index (χ0v) is 6.99. The number of hydrogen-bond acceptors (Lipinski definition) is 3. The minimum Gasteiger partial charge on any atom is -0.395 e. The number of rotatable bonds is 1. The van der Waals surface area contributed by atoms with Gasteiger partial charge >= 0.3 is 0 Å². The molecule has 4 nitrogen and oxygen atoms in total. The van der Waals surface area contributed by atoms with Gasteiger partial charge in [0.25, 0.3) is 0 Å². The molecule has 2 saturated heterocycles. The Bertz CT molecular complexity index is 195. The normalized spacial score (nSPS) is 36.2. The minimum atomic E-state index is 0.0379. The maximum Gasteiger partial charge on any atom is 0.237 e.